The summed E-state index contributed by atoms with van der Waals surface area (Å²) in [6.07, 6.45) is 11.9. The van der Waals surface area contributed by atoms with Crippen molar-refractivity contribution < 1.29 is 14.4 Å². The lowest BCUT2D eigenvalue weighted by molar-refractivity contribution is -0.120. The first kappa shape index (κ1) is 37.1. The Kier molecular flexibility index (Phi) is 11.1. The monoisotopic (exact) mass is 745 g/mol. The normalized spacial score (nSPS) is 19.4. The molecule has 3 saturated heterocycles. The zero-order chi connectivity index (χ0) is 37.9. The van der Waals surface area contributed by atoms with E-state index in [2.05, 4.69) is 61.0 Å². The van der Waals surface area contributed by atoms with Gasteiger partial charge in [0.25, 0.3) is 5.91 Å². The predicted molar refractivity (Wildman–Crippen MR) is 216 cm³/mol. The highest BCUT2D eigenvalue weighted by atomic mass is 16.2. The quantitative estimate of drug-likeness (QED) is 0.220. The molecule has 55 heavy (non-hydrogen) atoms. The number of hydrogen-bond acceptors (Lipinski definition) is 8. The highest BCUT2D eigenvalue weighted by Crippen LogP contribution is 2.34. The van der Waals surface area contributed by atoms with Gasteiger partial charge in [0.1, 0.15) is 17.2 Å². The minimum atomic E-state index is -0.336. The minimum Gasteiger partial charge on any atom is -0.369 e. The summed E-state index contributed by atoms with van der Waals surface area (Å²) in [7, 11) is 3.62. The standard InChI is InChI=1S/C43H55N9O3/c1-47(2)42(54)38-29-33-30-44-39(45-41(33)52(38)37-5-3-4-6-37)16-11-31-7-12-34(13-8-31)49-25-27-50(28-26-49)35-18-22-48(23-19-35)21-17-32-9-14-36(15-10-32)51-24-20-40(53)46-43(51)55/h7-10,12-15,29-30,35,37H,3-6,11,16-28H2,1-2H3,(H,46,53,55). The van der Waals surface area contributed by atoms with Crippen LogP contribution in [0.15, 0.2) is 60.8 Å². The molecule has 4 aliphatic rings. The second-order valence-electron chi connectivity index (χ2n) is 16.0. The number of amides is 4. The van der Waals surface area contributed by atoms with Gasteiger partial charge in [0, 0.05) is 101 Å². The first-order chi connectivity index (χ1) is 26.8. The summed E-state index contributed by atoms with van der Waals surface area (Å²) < 4.78 is 2.20. The number of benzene rings is 2. The van der Waals surface area contributed by atoms with Crippen LogP contribution in [0.5, 0.6) is 0 Å². The number of likely N-dealkylation sites (tertiary alicyclic amines) is 1. The number of carbonyl (C=O) groups excluding carboxylic acids is 3. The van der Waals surface area contributed by atoms with E-state index in [-0.39, 0.29) is 17.8 Å². The molecule has 0 atom stereocenters. The molecule has 4 aromatic rings. The fourth-order valence-corrected chi connectivity index (χ4v) is 9.01. The van der Waals surface area contributed by atoms with Crippen molar-refractivity contribution in [3.05, 3.63) is 83.4 Å². The van der Waals surface area contributed by atoms with Gasteiger partial charge in [0.15, 0.2) is 0 Å². The molecule has 3 aliphatic heterocycles. The van der Waals surface area contributed by atoms with Crippen molar-refractivity contribution in [3.63, 3.8) is 0 Å². The SMILES string of the molecule is CN(C)C(=O)c1cc2cnc(CCc3ccc(N4CCN(C5CCN(CCc6ccc(N7CCC(=O)NC7=O)cc6)CC5)CC4)cc3)nc2n1C1CCCC1. The molecule has 12 nitrogen and oxygen atoms in total. The van der Waals surface area contributed by atoms with Gasteiger partial charge < -0.3 is 19.3 Å². The van der Waals surface area contributed by atoms with E-state index < -0.39 is 0 Å². The number of carbonyl (C=O) groups is 3. The maximum Gasteiger partial charge on any atom is 0.328 e. The molecule has 1 aliphatic carbocycles. The number of piperidine rings is 1. The van der Waals surface area contributed by atoms with Crippen molar-refractivity contribution in [2.75, 3.05) is 76.3 Å². The molecule has 0 unspecified atom stereocenters. The number of imide groups is 1. The van der Waals surface area contributed by atoms with Gasteiger partial charge in [0.05, 0.1) is 0 Å². The van der Waals surface area contributed by atoms with Crippen LogP contribution in [0.4, 0.5) is 16.2 Å². The zero-order valence-electron chi connectivity index (χ0n) is 32.5. The van der Waals surface area contributed by atoms with Crippen molar-refractivity contribution in [1.82, 2.24) is 34.6 Å². The van der Waals surface area contributed by atoms with Crippen molar-refractivity contribution in [3.8, 4) is 0 Å². The van der Waals surface area contributed by atoms with E-state index in [0.29, 0.717) is 25.0 Å². The third-order valence-corrected chi connectivity index (χ3v) is 12.3. The zero-order valence-corrected chi connectivity index (χ0v) is 32.5. The molecule has 4 amide bonds. The second kappa shape index (κ2) is 16.5. The van der Waals surface area contributed by atoms with Gasteiger partial charge in [-0.1, -0.05) is 37.1 Å². The first-order valence-electron chi connectivity index (χ1n) is 20.4. The number of nitrogens with one attached hydrogen (secondary N) is 1. The summed E-state index contributed by atoms with van der Waals surface area (Å²) >= 11 is 0. The van der Waals surface area contributed by atoms with E-state index in [1.807, 2.05) is 38.5 Å². The van der Waals surface area contributed by atoms with Gasteiger partial charge in [-0.2, -0.15) is 0 Å². The number of rotatable bonds is 11. The molecule has 1 N–H and O–H groups in total. The smallest absolute Gasteiger partial charge is 0.328 e. The summed E-state index contributed by atoms with van der Waals surface area (Å²) in [4.78, 5) is 57.6. The Balaban J connectivity index is 0.778. The first-order valence-corrected chi connectivity index (χ1v) is 20.4. The number of fused-ring (bicyclic) bond motifs is 1. The highest BCUT2D eigenvalue weighted by molar-refractivity contribution is 6.05. The molecule has 2 aromatic carbocycles. The number of nitrogens with zero attached hydrogens (tertiary/aromatic N) is 8. The highest BCUT2D eigenvalue weighted by Gasteiger charge is 2.29. The molecule has 290 valence electrons. The van der Waals surface area contributed by atoms with E-state index in [1.165, 1.54) is 42.5 Å². The van der Waals surface area contributed by atoms with Crippen LogP contribution in [-0.2, 0) is 24.1 Å². The van der Waals surface area contributed by atoms with Crippen LogP contribution in [0, 0.1) is 0 Å². The Bertz CT molecular complexity index is 1970. The van der Waals surface area contributed by atoms with E-state index in [1.54, 1.807) is 9.80 Å². The van der Waals surface area contributed by atoms with E-state index in [9.17, 15) is 14.4 Å². The number of aromatic nitrogens is 3. The molecule has 0 radical (unpaired) electrons. The lowest BCUT2D eigenvalue weighted by atomic mass is 10.0. The van der Waals surface area contributed by atoms with Gasteiger partial charge in [-0.15, -0.1) is 0 Å². The molecular weight excluding hydrogens is 691 g/mol. The lowest BCUT2D eigenvalue weighted by Crippen LogP contribution is -2.53. The molecule has 0 spiro atoms. The maximum absolute atomic E-state index is 13.1. The second-order valence-corrected chi connectivity index (χ2v) is 16.0. The fourth-order valence-electron chi connectivity index (χ4n) is 9.01. The number of anilines is 2. The largest absolute Gasteiger partial charge is 0.369 e. The molecule has 2 aromatic heterocycles. The van der Waals surface area contributed by atoms with E-state index in [0.717, 1.165) is 106 Å². The Morgan fingerprint density at radius 3 is 2.13 bits per heavy atom. The summed E-state index contributed by atoms with van der Waals surface area (Å²) in [5.41, 5.74) is 6.31. The predicted octanol–water partition coefficient (Wildman–Crippen LogP) is 5.31. The van der Waals surface area contributed by atoms with Gasteiger partial charge in [0.2, 0.25) is 5.91 Å². The lowest BCUT2D eigenvalue weighted by Gasteiger charge is -2.43. The third-order valence-electron chi connectivity index (χ3n) is 12.3. The summed E-state index contributed by atoms with van der Waals surface area (Å²) in [6.45, 7) is 8.06. The Morgan fingerprint density at radius 2 is 1.45 bits per heavy atom. The molecule has 5 heterocycles. The number of piperazine rings is 1. The fraction of sp³-hybridized carbons (Fsp3) is 0.512. The van der Waals surface area contributed by atoms with Gasteiger partial charge >= 0.3 is 6.03 Å². The van der Waals surface area contributed by atoms with Crippen molar-refractivity contribution in [2.24, 2.45) is 0 Å². The Labute approximate surface area is 324 Å². The summed E-state index contributed by atoms with van der Waals surface area (Å²) in [5.74, 6) is 0.646. The molecule has 8 rings (SSSR count). The molecule has 4 fully saturated rings. The number of hydrogen-bond donors (Lipinski definition) is 1. The van der Waals surface area contributed by atoms with Gasteiger partial charge in [-0.3, -0.25) is 24.7 Å². The topological polar surface area (TPSA) is 110 Å². The molecular formula is C43H55N9O3. The van der Waals surface area contributed by atoms with Crippen LogP contribution in [0.25, 0.3) is 11.0 Å². The Hall–Kier alpha value is -4.81. The molecule has 1 saturated carbocycles. The van der Waals surface area contributed by atoms with Crippen LogP contribution in [0.2, 0.25) is 0 Å². The van der Waals surface area contributed by atoms with Crippen LogP contribution >= 0.6 is 0 Å². The van der Waals surface area contributed by atoms with Gasteiger partial charge in [-0.25, -0.2) is 14.8 Å². The summed E-state index contributed by atoms with van der Waals surface area (Å²) in [5, 5.41) is 3.34. The van der Waals surface area contributed by atoms with Crippen LogP contribution in [-0.4, -0.2) is 120 Å². The molecule has 12 heteroatoms. The number of aryl methyl sites for hydroxylation is 2. The van der Waals surface area contributed by atoms with Gasteiger partial charge in [-0.05, 0) is 93.1 Å². The summed E-state index contributed by atoms with van der Waals surface area (Å²) in [6, 6.07) is 19.9. The van der Waals surface area contributed by atoms with Crippen molar-refractivity contribution in [2.45, 2.75) is 76.3 Å². The van der Waals surface area contributed by atoms with E-state index >= 15 is 0 Å². The van der Waals surface area contributed by atoms with Crippen molar-refractivity contribution >= 4 is 40.3 Å². The average Bonchev–Trinajstić information content (AvgIpc) is 3.88. The molecule has 0 bridgehead atoms. The minimum absolute atomic E-state index is 0.0232. The van der Waals surface area contributed by atoms with E-state index in [4.69, 9.17) is 9.97 Å². The van der Waals surface area contributed by atoms with Crippen LogP contribution < -0.4 is 15.1 Å². The number of urea groups is 1. The average molecular weight is 746 g/mol. The Morgan fingerprint density at radius 1 is 0.782 bits per heavy atom. The maximum atomic E-state index is 13.1. The van der Waals surface area contributed by atoms with Crippen LogP contribution in [0.3, 0.4) is 0 Å². The van der Waals surface area contributed by atoms with Crippen LogP contribution in [0.1, 0.15) is 78.4 Å². The third kappa shape index (κ3) is 8.40. The van der Waals surface area contributed by atoms with Crippen molar-refractivity contribution in [1.29, 1.82) is 0 Å².